The first kappa shape index (κ1) is 25.0. The smallest absolute Gasteiger partial charge is 0.336 e. The van der Waals surface area contributed by atoms with Gasteiger partial charge in [-0.05, 0) is 79.1 Å². The summed E-state index contributed by atoms with van der Waals surface area (Å²) in [5.41, 5.74) is 12.2. The number of fused-ring (bicyclic) bond motifs is 1. The molecule has 3 aromatic carbocycles. The third kappa shape index (κ3) is 5.12. The Kier molecular flexibility index (Phi) is 7.02. The van der Waals surface area contributed by atoms with Crippen molar-refractivity contribution in [3.05, 3.63) is 89.0 Å². The first-order valence-electron chi connectivity index (χ1n) is 13.2. The van der Waals surface area contributed by atoms with Crippen molar-refractivity contribution in [1.29, 1.82) is 0 Å². The summed E-state index contributed by atoms with van der Waals surface area (Å²) in [6.45, 7) is 5.19. The molecule has 6 heteroatoms. The Balaban J connectivity index is 1.32. The predicted molar refractivity (Wildman–Crippen MR) is 147 cm³/mol. The fourth-order valence-electron chi connectivity index (χ4n) is 5.84. The van der Waals surface area contributed by atoms with Gasteiger partial charge >= 0.3 is 5.97 Å². The third-order valence-corrected chi connectivity index (χ3v) is 8.13. The molecule has 0 saturated heterocycles. The van der Waals surface area contributed by atoms with Crippen molar-refractivity contribution in [2.45, 2.75) is 70.1 Å². The van der Waals surface area contributed by atoms with Gasteiger partial charge in [0.05, 0.1) is 5.56 Å². The van der Waals surface area contributed by atoms with Crippen molar-refractivity contribution in [3.63, 3.8) is 0 Å². The van der Waals surface area contributed by atoms with E-state index in [4.69, 9.17) is 5.73 Å². The van der Waals surface area contributed by atoms with Crippen LogP contribution in [0.25, 0.3) is 11.1 Å². The molecule has 37 heavy (non-hydrogen) atoms. The van der Waals surface area contributed by atoms with Crippen molar-refractivity contribution < 1.29 is 14.7 Å². The van der Waals surface area contributed by atoms with Gasteiger partial charge in [0.2, 0.25) is 0 Å². The lowest BCUT2D eigenvalue weighted by atomic mass is 9.91. The molecule has 1 aliphatic heterocycles. The van der Waals surface area contributed by atoms with Crippen molar-refractivity contribution >= 4 is 17.6 Å². The lowest BCUT2D eigenvalue weighted by molar-refractivity contribution is 0.0697. The van der Waals surface area contributed by atoms with E-state index in [1.165, 1.54) is 5.56 Å². The molecule has 4 N–H and O–H groups in total. The van der Waals surface area contributed by atoms with E-state index in [2.05, 4.69) is 48.3 Å². The summed E-state index contributed by atoms with van der Waals surface area (Å²) < 4.78 is 0. The zero-order chi connectivity index (χ0) is 26.1. The molecule has 4 atom stereocenters. The van der Waals surface area contributed by atoms with Crippen LogP contribution in [0.15, 0.2) is 66.7 Å². The molecule has 5 rings (SSSR count). The number of rotatable bonds is 6. The van der Waals surface area contributed by atoms with Crippen molar-refractivity contribution in [2.75, 3.05) is 4.90 Å². The zero-order valence-electron chi connectivity index (χ0n) is 21.5. The number of carboxylic acids is 1. The first-order valence-corrected chi connectivity index (χ1v) is 13.2. The molecule has 1 saturated carbocycles. The largest absolute Gasteiger partial charge is 0.478 e. The summed E-state index contributed by atoms with van der Waals surface area (Å²) in [4.78, 5) is 27.0. The normalized spacial score (nSPS) is 22.9. The van der Waals surface area contributed by atoms with Gasteiger partial charge in [-0.3, -0.25) is 4.79 Å². The summed E-state index contributed by atoms with van der Waals surface area (Å²) in [6.07, 6.45) is 3.94. The number of carbonyl (C=O) groups excluding carboxylic acids is 1. The molecule has 1 aliphatic carbocycles. The van der Waals surface area contributed by atoms with Gasteiger partial charge in [0.15, 0.2) is 0 Å². The van der Waals surface area contributed by atoms with Gasteiger partial charge in [-0.25, -0.2) is 4.79 Å². The topological polar surface area (TPSA) is 95.7 Å². The minimum absolute atomic E-state index is 0.0163. The molecule has 0 radical (unpaired) electrons. The highest BCUT2D eigenvalue weighted by atomic mass is 16.4. The maximum Gasteiger partial charge on any atom is 0.336 e. The van der Waals surface area contributed by atoms with E-state index in [1.807, 2.05) is 30.3 Å². The van der Waals surface area contributed by atoms with Crippen LogP contribution in [0.1, 0.15) is 77.3 Å². The zero-order valence-corrected chi connectivity index (χ0v) is 21.5. The Morgan fingerprint density at radius 2 is 1.78 bits per heavy atom. The SMILES string of the molecule is CC1c2cc(C(=O)NC3CCCC(N)C3)ccc2N(Cc2ccc(-c3ccccc3C(=O)O)cc2)C1C. The van der Waals surface area contributed by atoms with Crippen LogP contribution in [0.3, 0.4) is 0 Å². The van der Waals surface area contributed by atoms with Crippen LogP contribution in [0.5, 0.6) is 0 Å². The van der Waals surface area contributed by atoms with Crippen molar-refractivity contribution in [1.82, 2.24) is 5.32 Å². The van der Waals surface area contributed by atoms with Gasteiger partial charge in [0.1, 0.15) is 0 Å². The number of anilines is 1. The highest BCUT2D eigenvalue weighted by Gasteiger charge is 2.33. The van der Waals surface area contributed by atoms with E-state index in [-0.39, 0.29) is 24.0 Å². The van der Waals surface area contributed by atoms with Crippen LogP contribution in [0.2, 0.25) is 0 Å². The average Bonchev–Trinajstić information content (AvgIpc) is 3.13. The van der Waals surface area contributed by atoms with Crippen LogP contribution in [-0.4, -0.2) is 35.1 Å². The number of hydrogen-bond donors (Lipinski definition) is 3. The molecule has 3 aromatic rings. The van der Waals surface area contributed by atoms with Crippen LogP contribution in [-0.2, 0) is 6.54 Å². The van der Waals surface area contributed by atoms with Gasteiger partial charge < -0.3 is 21.1 Å². The number of benzene rings is 3. The van der Waals surface area contributed by atoms with E-state index in [1.54, 1.807) is 12.1 Å². The van der Waals surface area contributed by atoms with Crippen molar-refractivity contribution in [3.8, 4) is 11.1 Å². The predicted octanol–water partition coefficient (Wildman–Crippen LogP) is 5.56. The Labute approximate surface area is 218 Å². The maximum atomic E-state index is 13.0. The van der Waals surface area contributed by atoms with Crippen LogP contribution >= 0.6 is 0 Å². The van der Waals surface area contributed by atoms with Crippen LogP contribution < -0.4 is 16.0 Å². The number of aromatic carboxylic acids is 1. The highest BCUT2D eigenvalue weighted by Crippen LogP contribution is 2.42. The minimum Gasteiger partial charge on any atom is -0.478 e. The second kappa shape index (κ2) is 10.4. The van der Waals surface area contributed by atoms with Gasteiger partial charge in [-0.2, -0.15) is 0 Å². The average molecular weight is 498 g/mol. The Hall–Kier alpha value is -3.64. The molecule has 2 aliphatic rings. The van der Waals surface area contributed by atoms with Gasteiger partial charge in [-0.1, -0.05) is 49.4 Å². The first-order chi connectivity index (χ1) is 17.8. The molecular formula is C31H35N3O3. The van der Waals surface area contributed by atoms with E-state index in [0.29, 0.717) is 17.0 Å². The number of carbonyl (C=O) groups is 2. The highest BCUT2D eigenvalue weighted by molar-refractivity contribution is 5.96. The molecule has 4 unspecified atom stereocenters. The number of nitrogens with two attached hydrogens (primary N) is 1. The molecule has 0 aromatic heterocycles. The quantitative estimate of drug-likeness (QED) is 0.414. The summed E-state index contributed by atoms with van der Waals surface area (Å²) >= 11 is 0. The molecule has 1 fully saturated rings. The second-order valence-corrected chi connectivity index (χ2v) is 10.6. The van der Waals surface area contributed by atoms with Gasteiger partial charge in [-0.15, -0.1) is 0 Å². The van der Waals surface area contributed by atoms with E-state index in [9.17, 15) is 14.7 Å². The number of carboxylic acid groups (broad SMARTS) is 1. The molecule has 192 valence electrons. The third-order valence-electron chi connectivity index (χ3n) is 8.13. The molecule has 1 heterocycles. The summed E-state index contributed by atoms with van der Waals surface area (Å²) in [7, 11) is 0. The summed E-state index contributed by atoms with van der Waals surface area (Å²) in [6, 6.07) is 21.9. The van der Waals surface area contributed by atoms with E-state index in [0.717, 1.165) is 54.6 Å². The number of nitrogens with one attached hydrogen (secondary N) is 1. The lowest BCUT2D eigenvalue weighted by Gasteiger charge is -2.27. The molecule has 1 amide bonds. The lowest BCUT2D eigenvalue weighted by Crippen LogP contribution is -2.42. The van der Waals surface area contributed by atoms with Crippen molar-refractivity contribution in [2.24, 2.45) is 5.73 Å². The minimum atomic E-state index is -0.925. The molecule has 0 spiro atoms. The number of nitrogens with zero attached hydrogens (tertiary/aromatic N) is 1. The Morgan fingerprint density at radius 3 is 2.51 bits per heavy atom. The standard InChI is InChI=1S/C31H35N3O3/c1-19-20(2)34(18-21-10-12-22(13-11-21)26-8-3-4-9-27(26)31(36)37)29-15-14-23(16-28(19)29)30(35)33-25-7-5-6-24(32)17-25/h3-4,8-16,19-20,24-25H,5-7,17-18,32H2,1-2H3,(H,33,35)(H,36,37). The fourth-order valence-corrected chi connectivity index (χ4v) is 5.84. The summed E-state index contributed by atoms with van der Waals surface area (Å²) in [5, 5.41) is 12.7. The maximum absolute atomic E-state index is 13.0. The van der Waals surface area contributed by atoms with E-state index >= 15 is 0 Å². The number of hydrogen-bond acceptors (Lipinski definition) is 4. The number of amides is 1. The molecule has 0 bridgehead atoms. The second-order valence-electron chi connectivity index (χ2n) is 10.6. The van der Waals surface area contributed by atoms with Gasteiger partial charge in [0, 0.05) is 41.8 Å². The van der Waals surface area contributed by atoms with Gasteiger partial charge in [0.25, 0.3) is 5.91 Å². The monoisotopic (exact) mass is 497 g/mol. The van der Waals surface area contributed by atoms with Crippen LogP contribution in [0.4, 0.5) is 5.69 Å². The fraction of sp³-hybridized carbons (Fsp3) is 0.355. The molecule has 6 nitrogen and oxygen atoms in total. The Morgan fingerprint density at radius 1 is 1.03 bits per heavy atom. The summed E-state index contributed by atoms with van der Waals surface area (Å²) in [5.74, 6) is -0.642. The Bertz CT molecular complexity index is 1300. The van der Waals surface area contributed by atoms with E-state index < -0.39 is 5.97 Å². The van der Waals surface area contributed by atoms with Crippen LogP contribution in [0, 0.1) is 0 Å². The molecular weight excluding hydrogens is 462 g/mol.